The summed E-state index contributed by atoms with van der Waals surface area (Å²) in [7, 11) is 0. The van der Waals surface area contributed by atoms with Crippen molar-refractivity contribution in [2.75, 3.05) is 0 Å². The summed E-state index contributed by atoms with van der Waals surface area (Å²) in [4.78, 5) is 1.50. The molecule has 0 saturated heterocycles. The maximum atomic E-state index is 2.36. The molecule has 0 radical (unpaired) electrons. The van der Waals surface area contributed by atoms with Gasteiger partial charge in [0.05, 0.1) is 0 Å². The van der Waals surface area contributed by atoms with Gasteiger partial charge in [0.25, 0.3) is 0 Å². The number of hydrogen-bond acceptors (Lipinski definition) is 1. The molecule has 74 valence electrons. The Bertz CT molecular complexity index is 313. The van der Waals surface area contributed by atoms with Gasteiger partial charge in [-0.25, -0.2) is 0 Å². The van der Waals surface area contributed by atoms with Crippen LogP contribution in [0, 0.1) is 0 Å². The van der Waals surface area contributed by atoms with E-state index in [0.717, 1.165) is 5.25 Å². The number of allylic oxidation sites excluding steroid dienone is 2. The smallest absolute Gasteiger partial charge is 0.0129 e. The first-order valence-electron chi connectivity index (χ1n) is 5.22. The van der Waals surface area contributed by atoms with Crippen LogP contribution < -0.4 is 0 Å². The topological polar surface area (TPSA) is 0 Å². The molecular formula is C13H16S. The summed E-state index contributed by atoms with van der Waals surface area (Å²) in [6.07, 6.45) is 6.16. The molecule has 0 aliphatic carbocycles. The number of aryl methyl sites for hydroxylation is 1. The van der Waals surface area contributed by atoms with Crippen LogP contribution in [0.5, 0.6) is 0 Å². The molecule has 1 heterocycles. The van der Waals surface area contributed by atoms with Crippen molar-refractivity contribution in [1.29, 1.82) is 0 Å². The second-order valence-electron chi connectivity index (χ2n) is 3.81. The Hall–Kier alpha value is -0.690. The van der Waals surface area contributed by atoms with Crippen LogP contribution in [0.25, 0.3) is 0 Å². The zero-order valence-corrected chi connectivity index (χ0v) is 9.39. The van der Waals surface area contributed by atoms with Crippen molar-refractivity contribution in [1.82, 2.24) is 0 Å². The zero-order valence-electron chi connectivity index (χ0n) is 8.57. The van der Waals surface area contributed by atoms with E-state index in [1.807, 2.05) is 11.8 Å². The molecule has 0 nitrogen and oxygen atoms in total. The molecule has 0 bridgehead atoms. The maximum Gasteiger partial charge on any atom is 0.0129 e. The first-order chi connectivity index (χ1) is 6.84. The highest BCUT2D eigenvalue weighted by atomic mass is 32.2. The molecule has 0 aromatic heterocycles. The summed E-state index contributed by atoms with van der Waals surface area (Å²) in [5.41, 5.74) is 1.47. The predicted molar refractivity (Wildman–Crippen MR) is 64.5 cm³/mol. The molecule has 1 aliphatic rings. The van der Waals surface area contributed by atoms with E-state index in [-0.39, 0.29) is 0 Å². The van der Waals surface area contributed by atoms with Crippen LogP contribution in [0.15, 0.2) is 41.3 Å². The van der Waals surface area contributed by atoms with Gasteiger partial charge < -0.3 is 0 Å². The van der Waals surface area contributed by atoms with E-state index < -0.39 is 0 Å². The van der Waals surface area contributed by atoms with Gasteiger partial charge in [0, 0.05) is 5.25 Å². The molecular weight excluding hydrogens is 188 g/mol. The Kier molecular flexibility index (Phi) is 3.30. The van der Waals surface area contributed by atoms with Gasteiger partial charge in [-0.3, -0.25) is 0 Å². The van der Waals surface area contributed by atoms with Crippen LogP contribution in [0.1, 0.15) is 25.3 Å². The Morgan fingerprint density at radius 3 is 2.71 bits per heavy atom. The largest absolute Gasteiger partial charge is 0.127 e. The van der Waals surface area contributed by atoms with Crippen LogP contribution >= 0.6 is 11.8 Å². The van der Waals surface area contributed by atoms with E-state index in [1.54, 1.807) is 0 Å². The predicted octanol–water partition coefficient (Wildman–Crippen LogP) is 4.03. The maximum absolute atomic E-state index is 2.36. The van der Waals surface area contributed by atoms with Crippen molar-refractivity contribution in [2.24, 2.45) is 0 Å². The van der Waals surface area contributed by atoms with Gasteiger partial charge in [0.15, 0.2) is 0 Å². The minimum absolute atomic E-state index is 0.829. The van der Waals surface area contributed by atoms with Crippen LogP contribution in [0.4, 0.5) is 0 Å². The zero-order chi connectivity index (χ0) is 9.80. The molecule has 1 aliphatic heterocycles. The average molecular weight is 204 g/mol. The monoisotopic (exact) mass is 204 g/mol. The normalized spacial score (nSPS) is 20.9. The van der Waals surface area contributed by atoms with Gasteiger partial charge in [0.1, 0.15) is 0 Å². The molecule has 0 spiro atoms. The lowest BCUT2D eigenvalue weighted by atomic mass is 10.1. The molecule has 0 saturated carbocycles. The molecule has 1 unspecified atom stereocenters. The van der Waals surface area contributed by atoms with Crippen molar-refractivity contribution in [3.63, 3.8) is 0 Å². The summed E-state index contributed by atoms with van der Waals surface area (Å²) in [5, 5.41) is 0.829. The number of hydrogen-bond donors (Lipinski definition) is 0. The molecule has 0 amide bonds. The van der Waals surface area contributed by atoms with Crippen LogP contribution in [-0.4, -0.2) is 5.25 Å². The molecule has 1 atom stereocenters. The molecule has 1 aromatic rings. The molecule has 2 rings (SSSR count). The molecule has 0 fully saturated rings. The van der Waals surface area contributed by atoms with Crippen molar-refractivity contribution >= 4 is 11.8 Å². The molecule has 1 aromatic carbocycles. The second kappa shape index (κ2) is 4.70. The highest BCUT2D eigenvalue weighted by Gasteiger charge is 2.14. The summed E-state index contributed by atoms with van der Waals surface area (Å²) in [6.45, 7) is 2.22. The fourth-order valence-corrected chi connectivity index (χ4v) is 2.95. The average Bonchev–Trinajstić information content (AvgIpc) is 2.63. The highest BCUT2D eigenvalue weighted by molar-refractivity contribution is 8.03. The number of benzene rings is 1. The highest BCUT2D eigenvalue weighted by Crippen LogP contribution is 2.34. The lowest BCUT2D eigenvalue weighted by Crippen LogP contribution is -1.99. The van der Waals surface area contributed by atoms with Gasteiger partial charge in [-0.05, 0) is 36.7 Å². The van der Waals surface area contributed by atoms with Gasteiger partial charge in [0.2, 0.25) is 0 Å². The van der Waals surface area contributed by atoms with E-state index in [9.17, 15) is 0 Å². The lowest BCUT2D eigenvalue weighted by Gasteiger charge is -2.08. The lowest BCUT2D eigenvalue weighted by molar-refractivity contribution is 0.774. The molecule has 1 heteroatoms. The SMILES string of the molecule is CC1=CCC(CCc2ccccc2)S1. The van der Waals surface area contributed by atoms with Crippen molar-refractivity contribution in [2.45, 2.75) is 31.4 Å². The van der Waals surface area contributed by atoms with Crippen LogP contribution in [0.2, 0.25) is 0 Å². The Morgan fingerprint density at radius 1 is 1.29 bits per heavy atom. The Morgan fingerprint density at radius 2 is 2.07 bits per heavy atom. The standard InChI is InChI=1S/C13H16S/c1-11-7-9-13(14-11)10-8-12-5-3-2-4-6-12/h2-7,13H,8-10H2,1H3. The Labute approximate surface area is 90.4 Å². The third-order valence-corrected chi connectivity index (χ3v) is 3.92. The van der Waals surface area contributed by atoms with E-state index in [2.05, 4.69) is 43.3 Å². The minimum Gasteiger partial charge on any atom is -0.127 e. The second-order valence-corrected chi connectivity index (χ2v) is 5.36. The Balaban J connectivity index is 1.79. The first kappa shape index (κ1) is 9.85. The molecule has 0 N–H and O–H groups in total. The summed E-state index contributed by atoms with van der Waals surface area (Å²) in [6, 6.07) is 10.8. The summed E-state index contributed by atoms with van der Waals surface area (Å²) < 4.78 is 0. The van der Waals surface area contributed by atoms with Gasteiger partial charge in [-0.1, -0.05) is 36.4 Å². The van der Waals surface area contributed by atoms with Gasteiger partial charge in [-0.2, -0.15) is 0 Å². The number of rotatable bonds is 3. The van der Waals surface area contributed by atoms with Gasteiger partial charge >= 0.3 is 0 Å². The molecule has 14 heavy (non-hydrogen) atoms. The van der Waals surface area contributed by atoms with Crippen LogP contribution in [0.3, 0.4) is 0 Å². The fraction of sp³-hybridized carbons (Fsp3) is 0.385. The number of thioether (sulfide) groups is 1. The van der Waals surface area contributed by atoms with Crippen molar-refractivity contribution in [3.05, 3.63) is 46.9 Å². The summed E-state index contributed by atoms with van der Waals surface area (Å²) >= 11 is 2.05. The van der Waals surface area contributed by atoms with E-state index in [1.165, 1.54) is 29.7 Å². The van der Waals surface area contributed by atoms with E-state index in [0.29, 0.717) is 0 Å². The first-order valence-corrected chi connectivity index (χ1v) is 6.10. The van der Waals surface area contributed by atoms with E-state index in [4.69, 9.17) is 0 Å². The fourth-order valence-electron chi connectivity index (χ4n) is 1.81. The van der Waals surface area contributed by atoms with E-state index >= 15 is 0 Å². The van der Waals surface area contributed by atoms with Crippen molar-refractivity contribution in [3.8, 4) is 0 Å². The van der Waals surface area contributed by atoms with Crippen LogP contribution in [-0.2, 0) is 6.42 Å². The van der Waals surface area contributed by atoms with Crippen molar-refractivity contribution < 1.29 is 0 Å². The quantitative estimate of drug-likeness (QED) is 0.716. The third-order valence-electron chi connectivity index (χ3n) is 2.62. The minimum atomic E-state index is 0.829. The third kappa shape index (κ3) is 2.65. The van der Waals surface area contributed by atoms with Gasteiger partial charge in [-0.15, -0.1) is 11.8 Å². The summed E-state index contributed by atoms with van der Waals surface area (Å²) in [5.74, 6) is 0.